The van der Waals surface area contributed by atoms with Crippen molar-refractivity contribution < 1.29 is 38.5 Å². The number of hydrogen-bond donors (Lipinski definition) is 3. The molecule has 422 valence electrons. The molecule has 0 unspecified atom stereocenters. The molecule has 0 radical (unpaired) electrons. The molecule has 21 heteroatoms. The van der Waals surface area contributed by atoms with E-state index in [9.17, 15) is 29.1 Å². The number of fused-ring (bicyclic) bond motifs is 2. The molecule has 2 saturated heterocycles. The van der Waals surface area contributed by atoms with Gasteiger partial charge in [0.2, 0.25) is 17.8 Å². The van der Waals surface area contributed by atoms with Gasteiger partial charge in [-0.1, -0.05) is 57.0 Å². The summed E-state index contributed by atoms with van der Waals surface area (Å²) in [7, 11) is 0. The van der Waals surface area contributed by atoms with Crippen molar-refractivity contribution in [1.29, 1.82) is 0 Å². The number of aliphatic hydroxyl groups is 1. The second-order valence-electron chi connectivity index (χ2n) is 21.5. The summed E-state index contributed by atoms with van der Waals surface area (Å²) in [6, 6.07) is 15.4. The Balaban J connectivity index is 0.657. The third-order valence-electron chi connectivity index (χ3n) is 15.8. The Morgan fingerprint density at radius 1 is 0.887 bits per heavy atom. The average molecular weight is 1110 g/mol. The maximum Gasteiger partial charge on any atom is 0.263 e. The number of hydrogen-bond acceptors (Lipinski definition) is 17. The van der Waals surface area contributed by atoms with Gasteiger partial charge in [0.1, 0.15) is 35.9 Å². The molecular formula is C59H71N11O9S. The fourth-order valence-electron chi connectivity index (χ4n) is 11.6. The molecule has 3 atom stereocenters. The van der Waals surface area contributed by atoms with Crippen LogP contribution < -0.4 is 25.8 Å². The number of thiazole rings is 1. The molecule has 3 fully saturated rings. The molecule has 6 aromatic rings. The molecule has 10 rings (SSSR count). The lowest BCUT2D eigenvalue weighted by Crippen LogP contribution is -2.55. The summed E-state index contributed by atoms with van der Waals surface area (Å²) in [6.07, 6.45) is 6.54. The van der Waals surface area contributed by atoms with Crippen LogP contribution in [-0.4, -0.2) is 158 Å². The highest BCUT2D eigenvalue weighted by molar-refractivity contribution is 7.13. The highest BCUT2D eigenvalue weighted by atomic mass is 32.1. The minimum Gasteiger partial charge on any atom is -0.491 e. The number of aromatic nitrogens is 5. The molecule has 2 aromatic carbocycles. The fourth-order valence-corrected chi connectivity index (χ4v) is 12.4. The zero-order valence-electron chi connectivity index (χ0n) is 46.2. The van der Waals surface area contributed by atoms with E-state index >= 15 is 0 Å². The van der Waals surface area contributed by atoms with Gasteiger partial charge in [-0.25, -0.2) is 15.0 Å². The van der Waals surface area contributed by atoms with E-state index in [1.54, 1.807) is 34.2 Å². The number of carbonyl (C=O) groups is 4. The highest BCUT2D eigenvalue weighted by Gasteiger charge is 2.46. The van der Waals surface area contributed by atoms with Crippen LogP contribution in [0.5, 0.6) is 5.75 Å². The standard InChI is InChI=1S/C59H71N11O9S/c1-36(2)52(69-33-42-10-6-9-13-46(42)56(69)74)58(76)68-34-45(72)29-48(68)55(73)61-30-41-15-14-40(53-38(4)63-35-80-53)28-49(41)79-27-26-78-25-24-77-23-22-66-18-20-67(21-19-66)44-16-17-50(60-31-44)64-59-62-32-47-37(3)51(39(5)71)57(75)70(54(47)65-59)43-11-7-8-12-43/h6,9-10,13-17,28,31-32,35-36,43,45,48,52,72H,7-8,11-12,18-27,29-30,33-34H2,1-5H3,(H,61,73)(H,60,62,64,65)/t45-,48+,52+/m1/s1. The number of ketones is 1. The van der Waals surface area contributed by atoms with Gasteiger partial charge in [0.05, 0.1) is 66.1 Å². The number of amides is 3. The van der Waals surface area contributed by atoms with E-state index in [0.717, 1.165) is 91.4 Å². The van der Waals surface area contributed by atoms with Crippen molar-refractivity contribution in [3.8, 4) is 16.2 Å². The number of pyridine rings is 2. The first-order chi connectivity index (χ1) is 38.7. The number of benzene rings is 2. The maximum absolute atomic E-state index is 14.3. The van der Waals surface area contributed by atoms with Crippen molar-refractivity contribution in [1.82, 2.24) is 44.5 Å². The fraction of sp³-hybridized carbons (Fsp3) is 0.475. The van der Waals surface area contributed by atoms with Gasteiger partial charge in [-0.2, -0.15) is 4.98 Å². The lowest BCUT2D eigenvalue weighted by molar-refractivity contribution is -0.143. The van der Waals surface area contributed by atoms with Crippen LogP contribution in [0.2, 0.25) is 0 Å². The molecule has 3 N–H and O–H groups in total. The predicted molar refractivity (Wildman–Crippen MR) is 305 cm³/mol. The third-order valence-corrected chi connectivity index (χ3v) is 16.8. The number of β-amino-alcohol motifs (C(OH)–C–C–N with tert-alkyl or cyclic N) is 1. The van der Waals surface area contributed by atoms with Gasteiger partial charge >= 0.3 is 0 Å². The largest absolute Gasteiger partial charge is 0.491 e. The van der Waals surface area contributed by atoms with E-state index in [-0.39, 0.29) is 66.8 Å². The molecule has 80 heavy (non-hydrogen) atoms. The van der Waals surface area contributed by atoms with Crippen LogP contribution in [0.15, 0.2) is 77.3 Å². The van der Waals surface area contributed by atoms with Crippen LogP contribution in [0.1, 0.15) is 102 Å². The number of Topliss-reactive ketones (excluding diaryl/α,β-unsaturated/α-hetero) is 1. The van der Waals surface area contributed by atoms with Gasteiger partial charge in [-0.05, 0) is 80.5 Å². The predicted octanol–water partition coefficient (Wildman–Crippen LogP) is 6.48. The van der Waals surface area contributed by atoms with Crippen LogP contribution in [0.4, 0.5) is 17.5 Å². The van der Waals surface area contributed by atoms with Gasteiger partial charge in [0, 0.05) is 87.5 Å². The second kappa shape index (κ2) is 25.1. The normalized spacial score (nSPS) is 18.1. The molecule has 1 aliphatic carbocycles. The van der Waals surface area contributed by atoms with E-state index in [0.29, 0.717) is 72.6 Å². The van der Waals surface area contributed by atoms with E-state index in [4.69, 9.17) is 19.2 Å². The van der Waals surface area contributed by atoms with Gasteiger partial charge in [0.15, 0.2) is 5.78 Å². The number of rotatable bonds is 22. The number of anilines is 3. The zero-order valence-corrected chi connectivity index (χ0v) is 47.0. The molecule has 1 saturated carbocycles. The van der Waals surface area contributed by atoms with Crippen molar-refractivity contribution >= 4 is 63.3 Å². The molecule has 3 amide bonds. The minimum absolute atomic E-state index is 0.00204. The Bertz CT molecular complexity index is 3280. The molecule has 4 aliphatic rings. The molecule has 7 heterocycles. The number of aryl methyl sites for hydroxylation is 2. The van der Waals surface area contributed by atoms with Gasteiger partial charge in [-0.3, -0.25) is 33.4 Å². The number of nitrogens with zero attached hydrogens (tertiary/aromatic N) is 9. The highest BCUT2D eigenvalue weighted by Crippen LogP contribution is 2.35. The molecular weight excluding hydrogens is 1040 g/mol. The van der Waals surface area contributed by atoms with Crippen LogP contribution in [0.25, 0.3) is 21.5 Å². The zero-order chi connectivity index (χ0) is 56.0. The summed E-state index contributed by atoms with van der Waals surface area (Å²) in [5, 5.41) is 17.7. The van der Waals surface area contributed by atoms with Crippen molar-refractivity contribution in [3.05, 3.63) is 116 Å². The molecule has 4 aromatic heterocycles. The van der Waals surface area contributed by atoms with Crippen LogP contribution in [0, 0.1) is 19.8 Å². The summed E-state index contributed by atoms with van der Waals surface area (Å²) in [5.41, 5.74) is 7.89. The summed E-state index contributed by atoms with van der Waals surface area (Å²) < 4.78 is 19.9. The van der Waals surface area contributed by atoms with Crippen LogP contribution in [0.3, 0.4) is 0 Å². The quantitative estimate of drug-likeness (QED) is 0.0488. The summed E-state index contributed by atoms with van der Waals surface area (Å²) in [5.74, 6) is 0.0529. The van der Waals surface area contributed by atoms with Gasteiger partial charge in [0.25, 0.3) is 11.5 Å². The van der Waals surface area contributed by atoms with E-state index in [1.807, 2.05) is 75.5 Å². The number of carbonyl (C=O) groups excluding carboxylic acids is 4. The van der Waals surface area contributed by atoms with Crippen molar-refractivity contribution in [2.24, 2.45) is 5.92 Å². The topological polar surface area (TPSA) is 227 Å². The van der Waals surface area contributed by atoms with Crippen molar-refractivity contribution in [2.45, 2.75) is 104 Å². The SMILES string of the molecule is CC(=O)c1c(C)c2cnc(Nc3ccc(N4CCN(CCOCCOCCOc5cc(-c6scnc6C)ccc5CNC(=O)[C@@H]5C[C@@H](O)CN5C(=O)[C@H](C(C)C)N5Cc6ccccc6C5=O)CC4)cn3)nc2n(C2CCCC2)c1=O. The number of ether oxygens (including phenoxy) is 3. The number of piperazine rings is 1. The minimum atomic E-state index is -0.913. The Labute approximate surface area is 469 Å². The van der Waals surface area contributed by atoms with E-state index in [2.05, 4.69) is 35.4 Å². The number of nitrogens with one attached hydrogen (secondary N) is 2. The van der Waals surface area contributed by atoms with E-state index < -0.39 is 24.1 Å². The molecule has 3 aliphatic heterocycles. The lowest BCUT2D eigenvalue weighted by Gasteiger charge is -2.35. The van der Waals surface area contributed by atoms with Gasteiger partial charge < -0.3 is 44.7 Å². The summed E-state index contributed by atoms with van der Waals surface area (Å²) in [6.45, 7) is 15.6. The van der Waals surface area contributed by atoms with Crippen molar-refractivity contribution in [3.63, 3.8) is 0 Å². The summed E-state index contributed by atoms with van der Waals surface area (Å²) >= 11 is 1.53. The maximum atomic E-state index is 14.3. The third kappa shape index (κ3) is 12.3. The first-order valence-electron chi connectivity index (χ1n) is 27.8. The second-order valence-corrected chi connectivity index (χ2v) is 22.4. The Morgan fingerprint density at radius 3 is 2.36 bits per heavy atom. The van der Waals surface area contributed by atoms with Crippen molar-refractivity contribution in [2.75, 3.05) is 82.5 Å². The van der Waals surface area contributed by atoms with Crippen LogP contribution in [-0.2, 0) is 32.2 Å². The molecule has 20 nitrogen and oxygen atoms in total. The lowest BCUT2D eigenvalue weighted by atomic mass is 10.0. The Hall–Kier alpha value is -7.17. The first-order valence-corrected chi connectivity index (χ1v) is 28.7. The smallest absolute Gasteiger partial charge is 0.263 e. The van der Waals surface area contributed by atoms with Crippen LogP contribution >= 0.6 is 11.3 Å². The number of aliphatic hydroxyl groups excluding tert-OH is 1. The monoisotopic (exact) mass is 1110 g/mol. The Morgan fingerprint density at radius 2 is 1.65 bits per heavy atom. The molecule has 0 spiro atoms. The summed E-state index contributed by atoms with van der Waals surface area (Å²) in [4.78, 5) is 95.0. The first kappa shape index (κ1) is 56.1. The number of likely N-dealkylation sites (tertiary alicyclic amines) is 1. The van der Waals surface area contributed by atoms with E-state index in [1.165, 1.54) is 23.2 Å². The Kier molecular flexibility index (Phi) is 17.6. The van der Waals surface area contributed by atoms with Gasteiger partial charge in [-0.15, -0.1) is 11.3 Å². The molecule has 0 bridgehead atoms. The average Bonchev–Trinajstić information content (AvgIpc) is 4.41.